The molecule has 28 heavy (non-hydrogen) atoms. The van der Waals surface area contributed by atoms with Gasteiger partial charge in [0.1, 0.15) is 11.4 Å². The molecule has 2 bridgehead atoms. The largest absolute Gasteiger partial charge is 0.505 e. The lowest BCUT2D eigenvalue weighted by molar-refractivity contribution is 0.109. The van der Waals surface area contributed by atoms with Gasteiger partial charge in [-0.15, -0.1) is 0 Å². The zero-order valence-electron chi connectivity index (χ0n) is 15.9. The second kappa shape index (κ2) is 6.59. The molecule has 1 aromatic carbocycles. The van der Waals surface area contributed by atoms with Crippen molar-refractivity contribution in [3.63, 3.8) is 0 Å². The van der Waals surface area contributed by atoms with Crippen LogP contribution in [0.2, 0.25) is 0 Å². The molecule has 3 aliphatic rings. The van der Waals surface area contributed by atoms with Gasteiger partial charge in [0.2, 0.25) is 5.70 Å². The van der Waals surface area contributed by atoms with E-state index in [0.29, 0.717) is 23.5 Å². The Bertz CT molecular complexity index is 1010. The lowest BCUT2D eigenvalue weighted by Crippen LogP contribution is -2.25. The van der Waals surface area contributed by atoms with Crippen molar-refractivity contribution in [1.29, 1.82) is 5.26 Å². The van der Waals surface area contributed by atoms with E-state index in [1.54, 1.807) is 0 Å². The van der Waals surface area contributed by atoms with Crippen molar-refractivity contribution in [3.05, 3.63) is 82.0 Å². The summed E-state index contributed by atoms with van der Waals surface area (Å²) in [5.41, 5.74) is 1.92. The monoisotopic (exact) mass is 368 g/mol. The number of nitrogens with zero attached hydrogens (tertiary/aromatic N) is 3. The molecule has 4 rings (SSSR count). The van der Waals surface area contributed by atoms with Crippen LogP contribution in [0.3, 0.4) is 0 Å². The van der Waals surface area contributed by atoms with Gasteiger partial charge in [-0.25, -0.2) is 15.0 Å². The summed E-state index contributed by atoms with van der Waals surface area (Å²) >= 11 is 0. The minimum absolute atomic E-state index is 0.0864. The highest BCUT2D eigenvalue weighted by molar-refractivity contribution is 5.82. The number of hydrogen-bond acceptors (Lipinski definition) is 3. The molecule has 5 nitrogen and oxygen atoms in total. The first-order chi connectivity index (χ1) is 13.5. The average Bonchev–Trinajstić information content (AvgIpc) is 3.34. The molecule has 1 saturated carbocycles. The van der Waals surface area contributed by atoms with Gasteiger partial charge >= 0.3 is 0 Å². The summed E-state index contributed by atoms with van der Waals surface area (Å²) in [4.78, 5) is 6.82. The molecule has 0 spiro atoms. The van der Waals surface area contributed by atoms with Crippen molar-refractivity contribution in [3.8, 4) is 6.07 Å². The number of allylic oxidation sites excluding steroid dienone is 1. The number of hydrogen-bond donors (Lipinski definition) is 1. The second-order valence-electron chi connectivity index (χ2n) is 7.89. The second-order valence-corrected chi connectivity index (χ2v) is 7.89. The van der Waals surface area contributed by atoms with Crippen LogP contribution in [-0.2, 0) is 4.74 Å². The number of anilines is 1. The van der Waals surface area contributed by atoms with Gasteiger partial charge in [0.25, 0.3) is 5.70 Å². The van der Waals surface area contributed by atoms with Crippen molar-refractivity contribution in [2.24, 2.45) is 11.8 Å². The van der Waals surface area contributed by atoms with Gasteiger partial charge in [-0.05, 0) is 56.2 Å². The molecule has 1 heterocycles. The van der Waals surface area contributed by atoms with E-state index in [4.69, 9.17) is 17.9 Å². The smallest absolute Gasteiger partial charge is 0.292 e. The standard InChI is InChI=1S/C23H20N4O/c1-23(2)19(21(26-4)22(28-23)18(13-24)25-3)14-9-11-17(12-10-14)27-20-15-5-6-16(20)8-7-15/h5-6,9-12,15-16,20,27H,7-8H2,1-2H3/b22-18+. The Morgan fingerprint density at radius 3 is 2.32 bits per heavy atom. The zero-order chi connectivity index (χ0) is 19.9. The summed E-state index contributed by atoms with van der Waals surface area (Å²) in [6.07, 6.45) is 7.15. The molecule has 2 aliphatic carbocycles. The lowest BCUT2D eigenvalue weighted by Gasteiger charge is -2.24. The molecule has 138 valence electrons. The quantitative estimate of drug-likeness (QED) is 0.456. The summed E-state index contributed by atoms with van der Waals surface area (Å²) in [7, 11) is 0. The highest BCUT2D eigenvalue weighted by Gasteiger charge is 2.41. The van der Waals surface area contributed by atoms with Gasteiger partial charge in [-0.1, -0.05) is 24.3 Å². The number of benzene rings is 1. The van der Waals surface area contributed by atoms with Crippen molar-refractivity contribution in [2.75, 3.05) is 5.32 Å². The van der Waals surface area contributed by atoms with E-state index in [0.717, 1.165) is 11.3 Å². The molecule has 0 radical (unpaired) electrons. The van der Waals surface area contributed by atoms with Gasteiger partial charge < -0.3 is 10.1 Å². The van der Waals surface area contributed by atoms with Crippen LogP contribution < -0.4 is 5.32 Å². The number of rotatable bonds is 3. The Morgan fingerprint density at radius 1 is 1.18 bits per heavy atom. The molecule has 0 aromatic heterocycles. The van der Waals surface area contributed by atoms with Gasteiger partial charge in [0.05, 0.1) is 19.2 Å². The van der Waals surface area contributed by atoms with Crippen molar-refractivity contribution in [1.82, 2.24) is 0 Å². The van der Waals surface area contributed by atoms with E-state index < -0.39 is 5.60 Å². The van der Waals surface area contributed by atoms with Crippen LogP contribution in [0.4, 0.5) is 5.69 Å². The van der Waals surface area contributed by atoms with Crippen LogP contribution in [0.1, 0.15) is 32.3 Å². The summed E-state index contributed by atoms with van der Waals surface area (Å²) in [6.45, 7) is 18.5. The Labute approximate surface area is 165 Å². The molecule has 0 saturated heterocycles. The first-order valence-electron chi connectivity index (χ1n) is 9.37. The van der Waals surface area contributed by atoms with Gasteiger partial charge in [-0.2, -0.15) is 0 Å². The Morgan fingerprint density at radius 2 is 1.82 bits per heavy atom. The van der Waals surface area contributed by atoms with E-state index in [9.17, 15) is 5.26 Å². The molecule has 1 fully saturated rings. The number of fused-ring (bicyclic) bond motifs is 2. The fourth-order valence-corrected chi connectivity index (χ4v) is 4.55. The van der Waals surface area contributed by atoms with Crippen molar-refractivity contribution in [2.45, 2.75) is 38.3 Å². The third kappa shape index (κ3) is 2.75. The van der Waals surface area contributed by atoms with Crippen molar-refractivity contribution >= 4 is 11.3 Å². The first kappa shape index (κ1) is 17.9. The van der Waals surface area contributed by atoms with E-state index in [1.807, 2.05) is 44.2 Å². The van der Waals surface area contributed by atoms with E-state index >= 15 is 0 Å². The Hall–Kier alpha value is -3.49. The number of nitrogens with one attached hydrogen (secondary N) is 1. The third-order valence-electron chi connectivity index (χ3n) is 5.82. The van der Waals surface area contributed by atoms with Crippen LogP contribution in [-0.4, -0.2) is 11.6 Å². The highest BCUT2D eigenvalue weighted by atomic mass is 16.5. The fourth-order valence-electron chi connectivity index (χ4n) is 4.55. The average molecular weight is 368 g/mol. The van der Waals surface area contributed by atoms with E-state index in [2.05, 4.69) is 27.2 Å². The minimum Gasteiger partial charge on any atom is -0.505 e. The molecule has 5 heteroatoms. The SMILES string of the molecule is [C-]#[N+]C1=C(c2ccc(NC3C4C=CC3CC4)cc2)C(C)(C)O/C1=C(\C#N)[N+]#[C-]. The molecular formula is C23H20N4O. The number of nitriles is 1. The third-order valence-corrected chi connectivity index (χ3v) is 5.82. The zero-order valence-corrected chi connectivity index (χ0v) is 15.9. The molecule has 1 aliphatic heterocycles. The van der Waals surface area contributed by atoms with Crippen LogP contribution in [0.25, 0.3) is 15.3 Å². The molecule has 2 atom stereocenters. The summed E-state index contributed by atoms with van der Waals surface area (Å²) in [6, 6.07) is 10.3. The predicted octanol–water partition coefficient (Wildman–Crippen LogP) is 5.16. The molecule has 2 unspecified atom stereocenters. The van der Waals surface area contributed by atoms with Crippen LogP contribution in [0.15, 0.2) is 53.6 Å². The van der Waals surface area contributed by atoms with Crippen LogP contribution in [0, 0.1) is 36.3 Å². The van der Waals surface area contributed by atoms with Gasteiger partial charge in [0, 0.05) is 17.3 Å². The molecule has 0 amide bonds. The summed E-state index contributed by atoms with van der Waals surface area (Å²) in [5.74, 6) is 1.33. The topological polar surface area (TPSA) is 53.8 Å². The van der Waals surface area contributed by atoms with Gasteiger partial charge in [0.15, 0.2) is 0 Å². The maximum absolute atomic E-state index is 9.21. The first-order valence-corrected chi connectivity index (χ1v) is 9.37. The predicted molar refractivity (Wildman–Crippen MR) is 107 cm³/mol. The minimum atomic E-state index is -0.786. The summed E-state index contributed by atoms with van der Waals surface area (Å²) < 4.78 is 5.87. The maximum Gasteiger partial charge on any atom is 0.292 e. The number of ether oxygens (including phenoxy) is 1. The Kier molecular flexibility index (Phi) is 4.21. The fraction of sp³-hybridized carbons (Fsp3) is 0.348. The molecule has 1 N–H and O–H groups in total. The summed E-state index contributed by atoms with van der Waals surface area (Å²) in [5, 5.41) is 12.9. The van der Waals surface area contributed by atoms with E-state index in [1.165, 1.54) is 12.8 Å². The molecule has 1 aromatic rings. The van der Waals surface area contributed by atoms with Crippen molar-refractivity contribution < 1.29 is 4.74 Å². The van der Waals surface area contributed by atoms with Crippen LogP contribution >= 0.6 is 0 Å². The Balaban J connectivity index is 1.67. The van der Waals surface area contributed by atoms with Crippen LogP contribution in [0.5, 0.6) is 0 Å². The highest BCUT2D eigenvalue weighted by Crippen LogP contribution is 2.46. The van der Waals surface area contributed by atoms with Gasteiger partial charge in [-0.3, -0.25) is 0 Å². The van der Waals surface area contributed by atoms with E-state index in [-0.39, 0.29) is 17.2 Å². The lowest BCUT2D eigenvalue weighted by atomic mass is 9.91. The molecular weight excluding hydrogens is 348 g/mol. The normalized spacial score (nSPS) is 28.3. The maximum atomic E-state index is 9.21.